The number of amides is 2. The molecular formula is C21H21N5O2S. The standard InChI is InChI=1S/C21H21N5O2S/c1-21(2,14-7-5-4-6-8-14)23-19(28)16-11-15-17(24-25-20(15)29-16)22-18(27)13-9-10-26(3)12-13/h4-12H,1-3H3,(H,23,28)(H2,22,24,25,27). The van der Waals surface area contributed by atoms with Crippen molar-refractivity contribution >= 4 is 39.2 Å². The van der Waals surface area contributed by atoms with E-state index in [1.807, 2.05) is 51.2 Å². The quantitative estimate of drug-likeness (QED) is 0.469. The molecule has 8 heteroatoms. The zero-order valence-electron chi connectivity index (χ0n) is 16.3. The topological polar surface area (TPSA) is 91.8 Å². The van der Waals surface area contributed by atoms with Gasteiger partial charge in [0, 0.05) is 19.4 Å². The Hall–Kier alpha value is -3.39. The van der Waals surface area contributed by atoms with Crippen molar-refractivity contribution in [2.45, 2.75) is 19.4 Å². The lowest BCUT2D eigenvalue weighted by molar-refractivity contribution is 0.0915. The molecule has 4 rings (SSSR count). The summed E-state index contributed by atoms with van der Waals surface area (Å²) in [6.07, 6.45) is 3.54. The molecular weight excluding hydrogens is 386 g/mol. The van der Waals surface area contributed by atoms with Crippen LogP contribution in [0.3, 0.4) is 0 Å². The number of benzene rings is 1. The number of thiophene rings is 1. The van der Waals surface area contributed by atoms with E-state index in [4.69, 9.17) is 0 Å². The molecule has 0 spiro atoms. The molecule has 0 unspecified atom stereocenters. The molecule has 4 aromatic rings. The molecule has 2 amide bonds. The summed E-state index contributed by atoms with van der Waals surface area (Å²) in [4.78, 5) is 26.5. The molecule has 0 bridgehead atoms. The van der Waals surface area contributed by atoms with Crippen LogP contribution in [0.2, 0.25) is 0 Å². The molecule has 3 heterocycles. The maximum Gasteiger partial charge on any atom is 0.262 e. The van der Waals surface area contributed by atoms with Crippen LogP contribution in [-0.4, -0.2) is 26.6 Å². The third kappa shape index (κ3) is 3.79. The monoisotopic (exact) mass is 407 g/mol. The first-order valence-corrected chi connectivity index (χ1v) is 9.94. The third-order valence-electron chi connectivity index (χ3n) is 4.73. The smallest absolute Gasteiger partial charge is 0.262 e. The number of H-pyrrole nitrogens is 1. The first kappa shape index (κ1) is 18.9. The summed E-state index contributed by atoms with van der Waals surface area (Å²) in [5, 5.41) is 13.6. The number of aromatic nitrogens is 3. The number of carbonyl (C=O) groups is 2. The minimum Gasteiger partial charge on any atom is -0.356 e. The molecule has 29 heavy (non-hydrogen) atoms. The second-order valence-corrected chi connectivity index (χ2v) is 8.44. The number of hydrogen-bond acceptors (Lipinski definition) is 4. The molecule has 148 valence electrons. The summed E-state index contributed by atoms with van der Waals surface area (Å²) in [7, 11) is 1.85. The Morgan fingerprint density at radius 3 is 2.59 bits per heavy atom. The van der Waals surface area contributed by atoms with E-state index in [1.54, 1.807) is 29.1 Å². The second kappa shape index (κ2) is 7.21. The molecule has 0 radical (unpaired) electrons. The summed E-state index contributed by atoms with van der Waals surface area (Å²) < 4.78 is 1.80. The van der Waals surface area contributed by atoms with Crippen LogP contribution in [0.25, 0.3) is 10.2 Å². The lowest BCUT2D eigenvalue weighted by atomic mass is 9.94. The van der Waals surface area contributed by atoms with Gasteiger partial charge in [0.2, 0.25) is 0 Å². The largest absolute Gasteiger partial charge is 0.356 e. The Labute approximate surface area is 171 Å². The van der Waals surface area contributed by atoms with Gasteiger partial charge in [-0.25, -0.2) is 0 Å². The maximum absolute atomic E-state index is 12.8. The van der Waals surface area contributed by atoms with Crippen molar-refractivity contribution < 1.29 is 9.59 Å². The lowest BCUT2D eigenvalue weighted by Crippen LogP contribution is -2.40. The zero-order chi connectivity index (χ0) is 20.6. The maximum atomic E-state index is 12.8. The van der Waals surface area contributed by atoms with Gasteiger partial charge in [0.15, 0.2) is 5.82 Å². The second-order valence-electron chi connectivity index (χ2n) is 7.39. The summed E-state index contributed by atoms with van der Waals surface area (Å²) in [5.41, 5.74) is 1.05. The van der Waals surface area contributed by atoms with E-state index in [0.29, 0.717) is 21.6 Å². The van der Waals surface area contributed by atoms with E-state index in [0.717, 1.165) is 10.4 Å². The molecule has 0 fully saturated rings. The van der Waals surface area contributed by atoms with Crippen LogP contribution in [0.1, 0.15) is 39.4 Å². The average Bonchev–Trinajstić information content (AvgIpc) is 3.39. The molecule has 1 aromatic carbocycles. The number of aryl methyl sites for hydroxylation is 1. The molecule has 7 nitrogen and oxygen atoms in total. The first-order chi connectivity index (χ1) is 13.8. The number of hydrogen-bond donors (Lipinski definition) is 3. The van der Waals surface area contributed by atoms with Gasteiger partial charge in [-0.1, -0.05) is 30.3 Å². The van der Waals surface area contributed by atoms with E-state index in [9.17, 15) is 9.59 Å². The van der Waals surface area contributed by atoms with Gasteiger partial charge >= 0.3 is 0 Å². The number of anilines is 1. The SMILES string of the molecule is Cn1ccc(C(=O)Nc2n[nH]c3sc(C(=O)NC(C)(C)c4ccccc4)cc23)c1. The molecule has 0 aliphatic carbocycles. The van der Waals surface area contributed by atoms with Gasteiger partial charge in [-0.05, 0) is 31.5 Å². The van der Waals surface area contributed by atoms with Gasteiger partial charge in [-0.3, -0.25) is 14.7 Å². The van der Waals surface area contributed by atoms with Gasteiger partial charge in [-0.15, -0.1) is 11.3 Å². The van der Waals surface area contributed by atoms with Crippen molar-refractivity contribution in [3.8, 4) is 0 Å². The van der Waals surface area contributed by atoms with Gasteiger partial charge in [0.05, 0.1) is 21.4 Å². The third-order valence-corrected chi connectivity index (χ3v) is 5.77. The molecule has 0 atom stereocenters. The van der Waals surface area contributed by atoms with Gasteiger partial charge in [0.1, 0.15) is 4.83 Å². The first-order valence-electron chi connectivity index (χ1n) is 9.13. The van der Waals surface area contributed by atoms with Crippen molar-refractivity contribution in [3.63, 3.8) is 0 Å². The fourth-order valence-corrected chi connectivity index (χ4v) is 4.01. The number of nitrogens with one attached hydrogen (secondary N) is 3. The van der Waals surface area contributed by atoms with Gasteiger partial charge in [-0.2, -0.15) is 5.10 Å². The molecule has 0 saturated heterocycles. The molecule has 3 aromatic heterocycles. The molecule has 3 N–H and O–H groups in total. The molecule has 0 aliphatic rings. The summed E-state index contributed by atoms with van der Waals surface area (Å²) in [6, 6.07) is 13.3. The summed E-state index contributed by atoms with van der Waals surface area (Å²) in [6.45, 7) is 3.93. The van der Waals surface area contributed by atoms with Crippen LogP contribution in [-0.2, 0) is 12.6 Å². The van der Waals surface area contributed by atoms with Crippen molar-refractivity contribution in [3.05, 3.63) is 70.9 Å². The Kier molecular flexibility index (Phi) is 4.71. The minimum atomic E-state index is -0.515. The lowest BCUT2D eigenvalue weighted by Gasteiger charge is -2.26. The molecule has 0 saturated carbocycles. The predicted octanol–water partition coefficient (Wildman–Crippen LogP) is 3.88. The Morgan fingerprint density at radius 2 is 1.90 bits per heavy atom. The van der Waals surface area contributed by atoms with E-state index in [-0.39, 0.29) is 11.8 Å². The highest BCUT2D eigenvalue weighted by Crippen LogP contribution is 2.30. The van der Waals surface area contributed by atoms with Crippen LogP contribution in [0, 0.1) is 0 Å². The van der Waals surface area contributed by atoms with Gasteiger partial charge < -0.3 is 15.2 Å². The van der Waals surface area contributed by atoms with Crippen molar-refractivity contribution in [2.24, 2.45) is 7.05 Å². The fourth-order valence-electron chi connectivity index (χ4n) is 3.11. The Bertz CT molecular complexity index is 1190. The van der Waals surface area contributed by atoms with E-state index in [1.165, 1.54) is 11.3 Å². The van der Waals surface area contributed by atoms with Gasteiger partial charge in [0.25, 0.3) is 11.8 Å². The average molecular weight is 407 g/mol. The van der Waals surface area contributed by atoms with Crippen LogP contribution < -0.4 is 10.6 Å². The number of rotatable bonds is 5. The van der Waals surface area contributed by atoms with Crippen molar-refractivity contribution in [2.75, 3.05) is 5.32 Å². The summed E-state index contributed by atoms with van der Waals surface area (Å²) in [5.74, 6) is -0.0123. The van der Waals surface area contributed by atoms with E-state index < -0.39 is 5.54 Å². The van der Waals surface area contributed by atoms with E-state index in [2.05, 4.69) is 20.8 Å². The highest BCUT2D eigenvalue weighted by atomic mass is 32.1. The van der Waals surface area contributed by atoms with Crippen LogP contribution >= 0.6 is 11.3 Å². The van der Waals surface area contributed by atoms with E-state index >= 15 is 0 Å². The fraction of sp³-hybridized carbons (Fsp3) is 0.190. The van der Waals surface area contributed by atoms with Crippen molar-refractivity contribution in [1.82, 2.24) is 20.1 Å². The normalized spacial score (nSPS) is 11.6. The van der Waals surface area contributed by atoms with Crippen LogP contribution in [0.5, 0.6) is 0 Å². The highest BCUT2D eigenvalue weighted by Gasteiger charge is 2.25. The van der Waals surface area contributed by atoms with Crippen LogP contribution in [0.15, 0.2) is 54.9 Å². The van der Waals surface area contributed by atoms with Crippen LogP contribution in [0.4, 0.5) is 5.82 Å². The predicted molar refractivity (Wildman–Crippen MR) is 114 cm³/mol. The zero-order valence-corrected chi connectivity index (χ0v) is 17.1. The number of carbonyl (C=O) groups excluding carboxylic acids is 2. The summed E-state index contributed by atoms with van der Waals surface area (Å²) >= 11 is 1.30. The van der Waals surface area contributed by atoms with Crippen molar-refractivity contribution in [1.29, 1.82) is 0 Å². The Morgan fingerprint density at radius 1 is 1.14 bits per heavy atom. The highest BCUT2D eigenvalue weighted by molar-refractivity contribution is 7.20. The minimum absolute atomic E-state index is 0.172. The number of aromatic amines is 1. The molecule has 0 aliphatic heterocycles. The Balaban J connectivity index is 1.54. The number of nitrogens with zero attached hydrogens (tertiary/aromatic N) is 2. The number of fused-ring (bicyclic) bond motifs is 1.